The summed E-state index contributed by atoms with van der Waals surface area (Å²) in [5.74, 6) is 0. The standard InChI is InChI=1S/C15H9NS3/c16-10-11(13-3-1-7-17-13)9-12-5-6-15(19-12)14-4-2-8-18-14/h1-9H. The molecule has 92 valence electrons. The zero-order chi connectivity index (χ0) is 13.1. The summed E-state index contributed by atoms with van der Waals surface area (Å²) in [5, 5.41) is 13.3. The van der Waals surface area contributed by atoms with E-state index in [0.29, 0.717) is 0 Å². The lowest BCUT2D eigenvalue weighted by molar-refractivity contribution is 1.54. The fraction of sp³-hybridized carbons (Fsp3) is 0. The lowest BCUT2D eigenvalue weighted by atomic mass is 10.2. The van der Waals surface area contributed by atoms with Crippen LogP contribution in [0, 0.1) is 11.3 Å². The van der Waals surface area contributed by atoms with Gasteiger partial charge < -0.3 is 0 Å². The SMILES string of the molecule is N#CC(=Cc1ccc(-c2cccs2)s1)c1cccs1. The normalized spacial score (nSPS) is 11.4. The topological polar surface area (TPSA) is 23.8 Å². The largest absolute Gasteiger partial charge is 0.192 e. The maximum Gasteiger partial charge on any atom is 0.101 e. The van der Waals surface area contributed by atoms with Gasteiger partial charge in [-0.05, 0) is 41.1 Å². The first-order valence-electron chi connectivity index (χ1n) is 5.66. The van der Waals surface area contributed by atoms with E-state index in [4.69, 9.17) is 0 Å². The zero-order valence-electron chi connectivity index (χ0n) is 9.87. The highest BCUT2D eigenvalue weighted by Gasteiger charge is 2.05. The molecule has 3 rings (SSSR count). The van der Waals surface area contributed by atoms with Crippen LogP contribution < -0.4 is 0 Å². The Labute approximate surface area is 123 Å². The van der Waals surface area contributed by atoms with Gasteiger partial charge in [-0.2, -0.15) is 5.26 Å². The molecule has 3 aromatic heterocycles. The highest BCUT2D eigenvalue weighted by Crippen LogP contribution is 2.33. The van der Waals surface area contributed by atoms with Crippen molar-refractivity contribution in [2.24, 2.45) is 0 Å². The third kappa shape index (κ3) is 2.69. The molecule has 0 saturated heterocycles. The highest BCUT2D eigenvalue weighted by atomic mass is 32.1. The quantitative estimate of drug-likeness (QED) is 0.577. The predicted molar refractivity (Wildman–Crippen MR) is 85.4 cm³/mol. The number of thiophene rings is 3. The van der Waals surface area contributed by atoms with Crippen LogP contribution >= 0.6 is 34.0 Å². The molecule has 0 amide bonds. The van der Waals surface area contributed by atoms with Gasteiger partial charge in [0.05, 0.1) is 5.57 Å². The van der Waals surface area contributed by atoms with Crippen LogP contribution in [0.2, 0.25) is 0 Å². The first-order valence-corrected chi connectivity index (χ1v) is 8.24. The first kappa shape index (κ1) is 12.4. The van der Waals surface area contributed by atoms with Crippen LogP contribution in [-0.2, 0) is 0 Å². The second-order valence-corrected chi connectivity index (χ2v) is 6.84. The fourth-order valence-corrected chi connectivity index (χ4v) is 4.19. The van der Waals surface area contributed by atoms with Crippen LogP contribution in [0.1, 0.15) is 9.75 Å². The van der Waals surface area contributed by atoms with E-state index in [9.17, 15) is 5.26 Å². The third-order valence-electron chi connectivity index (χ3n) is 2.58. The Morgan fingerprint density at radius 3 is 2.53 bits per heavy atom. The van der Waals surface area contributed by atoms with Crippen molar-refractivity contribution in [2.75, 3.05) is 0 Å². The van der Waals surface area contributed by atoms with Gasteiger partial charge in [-0.15, -0.1) is 34.0 Å². The van der Waals surface area contributed by atoms with Gasteiger partial charge in [0.15, 0.2) is 0 Å². The maximum atomic E-state index is 9.24. The molecule has 3 aromatic rings. The molecule has 3 heterocycles. The second kappa shape index (κ2) is 5.54. The van der Waals surface area contributed by atoms with E-state index in [2.05, 4.69) is 35.7 Å². The summed E-state index contributed by atoms with van der Waals surface area (Å²) in [5.41, 5.74) is 0.731. The Bertz CT molecular complexity index is 725. The molecule has 0 N–H and O–H groups in total. The molecule has 0 fully saturated rings. The van der Waals surface area contributed by atoms with Crippen molar-refractivity contribution in [1.82, 2.24) is 0 Å². The predicted octanol–water partition coefficient (Wildman–Crippen LogP) is 5.60. The summed E-state index contributed by atoms with van der Waals surface area (Å²) in [6, 6.07) is 14.6. The minimum atomic E-state index is 0.731. The van der Waals surface area contributed by atoms with Gasteiger partial charge in [-0.1, -0.05) is 12.1 Å². The van der Waals surface area contributed by atoms with Gasteiger partial charge in [0.2, 0.25) is 0 Å². The molecule has 19 heavy (non-hydrogen) atoms. The molecule has 0 unspecified atom stereocenters. The Morgan fingerprint density at radius 1 is 1.00 bits per heavy atom. The lowest BCUT2D eigenvalue weighted by Crippen LogP contribution is -1.72. The molecular weight excluding hydrogens is 290 g/mol. The summed E-state index contributed by atoms with van der Waals surface area (Å²) in [4.78, 5) is 4.67. The summed E-state index contributed by atoms with van der Waals surface area (Å²) in [7, 11) is 0. The van der Waals surface area contributed by atoms with E-state index >= 15 is 0 Å². The van der Waals surface area contributed by atoms with Crippen molar-refractivity contribution in [3.05, 3.63) is 56.9 Å². The average Bonchev–Trinajstić information content (AvgIpc) is 3.15. The van der Waals surface area contributed by atoms with Crippen molar-refractivity contribution in [3.63, 3.8) is 0 Å². The number of rotatable bonds is 3. The molecule has 0 saturated carbocycles. The van der Waals surface area contributed by atoms with Gasteiger partial charge in [0.1, 0.15) is 6.07 Å². The lowest BCUT2D eigenvalue weighted by Gasteiger charge is -1.92. The monoisotopic (exact) mass is 299 g/mol. The van der Waals surface area contributed by atoms with Crippen LogP contribution in [0.3, 0.4) is 0 Å². The summed E-state index contributed by atoms with van der Waals surface area (Å²) in [6.45, 7) is 0. The van der Waals surface area contributed by atoms with Gasteiger partial charge in [-0.25, -0.2) is 0 Å². The molecule has 1 nitrogen and oxygen atoms in total. The van der Waals surface area contributed by atoms with Crippen molar-refractivity contribution >= 4 is 45.7 Å². The Hall–Kier alpha value is -1.67. The number of hydrogen-bond donors (Lipinski definition) is 0. The number of hydrogen-bond acceptors (Lipinski definition) is 4. The molecule has 4 heteroatoms. The summed E-state index contributed by atoms with van der Waals surface area (Å²) in [6.07, 6.45) is 1.97. The smallest absolute Gasteiger partial charge is 0.101 e. The van der Waals surface area contributed by atoms with Gasteiger partial charge >= 0.3 is 0 Å². The highest BCUT2D eigenvalue weighted by molar-refractivity contribution is 7.21. The minimum absolute atomic E-state index is 0.731. The van der Waals surface area contributed by atoms with Crippen molar-refractivity contribution in [2.45, 2.75) is 0 Å². The van der Waals surface area contributed by atoms with E-state index in [1.54, 1.807) is 34.0 Å². The molecule has 0 aliphatic heterocycles. The Morgan fingerprint density at radius 2 is 1.84 bits per heavy atom. The molecule has 0 aliphatic rings. The first-order chi connectivity index (χ1) is 9.36. The van der Waals surface area contributed by atoms with Crippen molar-refractivity contribution in [3.8, 4) is 15.8 Å². The van der Waals surface area contributed by atoms with E-state index in [0.717, 1.165) is 15.3 Å². The van der Waals surface area contributed by atoms with Crippen molar-refractivity contribution < 1.29 is 0 Å². The number of allylic oxidation sites excluding steroid dienone is 1. The fourth-order valence-electron chi connectivity index (χ4n) is 1.71. The van der Waals surface area contributed by atoms with Crippen LogP contribution in [-0.4, -0.2) is 0 Å². The average molecular weight is 299 g/mol. The molecule has 0 aliphatic carbocycles. The third-order valence-corrected chi connectivity index (χ3v) is 5.59. The molecule has 0 atom stereocenters. The van der Waals surface area contributed by atoms with E-state index in [1.165, 1.54) is 9.75 Å². The maximum absolute atomic E-state index is 9.24. The molecule has 0 radical (unpaired) electrons. The van der Waals surface area contributed by atoms with Gasteiger partial charge in [-0.3, -0.25) is 0 Å². The second-order valence-electron chi connectivity index (χ2n) is 3.83. The van der Waals surface area contributed by atoms with Gasteiger partial charge in [0.25, 0.3) is 0 Å². The van der Waals surface area contributed by atoms with Crippen LogP contribution in [0.4, 0.5) is 0 Å². The number of nitriles is 1. The Kier molecular flexibility index (Phi) is 3.60. The molecule has 0 aromatic carbocycles. The van der Waals surface area contributed by atoms with Crippen molar-refractivity contribution in [1.29, 1.82) is 5.26 Å². The number of nitrogens with zero attached hydrogens (tertiary/aromatic N) is 1. The van der Waals surface area contributed by atoms with E-state index < -0.39 is 0 Å². The Balaban J connectivity index is 1.93. The minimum Gasteiger partial charge on any atom is -0.192 e. The zero-order valence-corrected chi connectivity index (χ0v) is 12.3. The van der Waals surface area contributed by atoms with Crippen LogP contribution in [0.5, 0.6) is 0 Å². The van der Waals surface area contributed by atoms with Crippen LogP contribution in [0.25, 0.3) is 21.4 Å². The van der Waals surface area contributed by atoms with E-state index in [-0.39, 0.29) is 0 Å². The molecular formula is C15H9NS3. The van der Waals surface area contributed by atoms with E-state index in [1.807, 2.05) is 23.6 Å². The molecule has 0 spiro atoms. The van der Waals surface area contributed by atoms with Gasteiger partial charge in [0, 0.05) is 19.5 Å². The summed E-state index contributed by atoms with van der Waals surface area (Å²) < 4.78 is 0. The summed E-state index contributed by atoms with van der Waals surface area (Å²) >= 11 is 5.05. The van der Waals surface area contributed by atoms with Crippen LogP contribution in [0.15, 0.2) is 47.2 Å². The molecule has 0 bridgehead atoms.